The van der Waals surface area contributed by atoms with E-state index >= 15 is 4.39 Å². The minimum absolute atomic E-state index is 0.0108. The number of hydrogen-bond donors (Lipinski definition) is 3. The minimum atomic E-state index is -2.15. The monoisotopic (exact) mass is 508 g/mol. The second kappa shape index (κ2) is 8.88. The van der Waals surface area contributed by atoms with Crippen molar-refractivity contribution in [2.75, 3.05) is 16.0 Å². The molecule has 0 fully saturated rings. The number of halogens is 1. The smallest absolute Gasteiger partial charge is 0.261 e. The number of aromatic nitrogens is 1. The van der Waals surface area contributed by atoms with Crippen molar-refractivity contribution < 1.29 is 18.4 Å². The second-order valence-electron chi connectivity index (χ2n) is 11.1. The zero-order valence-corrected chi connectivity index (χ0v) is 22.8. The number of benzene rings is 1. The summed E-state index contributed by atoms with van der Waals surface area (Å²) in [6.07, 6.45) is 4.17. The third-order valence-corrected chi connectivity index (χ3v) is 11.5. The summed E-state index contributed by atoms with van der Waals surface area (Å²) in [5.74, 6) is 0.587. The van der Waals surface area contributed by atoms with Crippen LogP contribution in [0.4, 0.5) is 27.3 Å². The van der Waals surface area contributed by atoms with Crippen molar-refractivity contribution >= 4 is 43.4 Å². The van der Waals surface area contributed by atoms with E-state index in [1.807, 2.05) is 6.92 Å². The average Bonchev–Trinajstić information content (AvgIpc) is 2.91. The van der Waals surface area contributed by atoms with Gasteiger partial charge in [-0.15, -0.1) is 0 Å². The summed E-state index contributed by atoms with van der Waals surface area (Å²) < 4.78 is 22.4. The van der Waals surface area contributed by atoms with Gasteiger partial charge >= 0.3 is 0 Å². The second-order valence-corrected chi connectivity index (χ2v) is 15.9. The lowest BCUT2D eigenvalue weighted by Crippen LogP contribution is -2.41. The number of carbonyl (C=O) groups is 2. The van der Waals surface area contributed by atoms with Gasteiger partial charge in [-0.05, 0) is 61.8 Å². The summed E-state index contributed by atoms with van der Waals surface area (Å²) in [6.45, 7) is 14.2. The molecule has 9 heteroatoms. The highest BCUT2D eigenvalue weighted by molar-refractivity contribution is 6.74. The lowest BCUT2D eigenvalue weighted by Gasteiger charge is -2.39. The van der Waals surface area contributed by atoms with E-state index in [0.29, 0.717) is 46.2 Å². The first-order valence-electron chi connectivity index (χ1n) is 12.0. The van der Waals surface area contributed by atoms with E-state index in [9.17, 15) is 9.59 Å². The van der Waals surface area contributed by atoms with Crippen molar-refractivity contribution in [3.8, 4) is 0 Å². The van der Waals surface area contributed by atoms with Crippen molar-refractivity contribution in [2.45, 2.75) is 64.8 Å². The Morgan fingerprint density at radius 2 is 1.92 bits per heavy atom. The summed E-state index contributed by atoms with van der Waals surface area (Å²) in [7, 11) is -2.15. The highest BCUT2D eigenvalue weighted by atomic mass is 28.4. The molecule has 1 amide bonds. The number of pyridine rings is 1. The fourth-order valence-corrected chi connectivity index (χ4v) is 5.08. The number of carbonyl (C=O) groups excluding carboxylic acids is 2. The Hall–Kier alpha value is -3.46. The number of anilines is 4. The number of rotatable bonds is 5. The van der Waals surface area contributed by atoms with Gasteiger partial charge in [-0.1, -0.05) is 20.8 Å². The van der Waals surface area contributed by atoms with Crippen molar-refractivity contribution in [1.82, 2.24) is 4.98 Å². The Morgan fingerprint density at radius 1 is 1.19 bits per heavy atom. The quantitative estimate of drug-likeness (QED) is 0.300. The Labute approximate surface area is 212 Å². The zero-order chi connectivity index (χ0) is 26.5. The van der Waals surface area contributed by atoms with E-state index in [2.05, 4.69) is 54.8 Å². The molecule has 36 heavy (non-hydrogen) atoms. The Bertz CT molecular complexity index is 1310. The van der Waals surface area contributed by atoms with Gasteiger partial charge in [-0.25, -0.2) is 9.37 Å². The Kier molecular flexibility index (Phi) is 6.32. The molecule has 1 unspecified atom stereocenters. The molecule has 1 aromatic carbocycles. The van der Waals surface area contributed by atoms with Gasteiger partial charge in [0.15, 0.2) is 5.67 Å². The first-order valence-corrected chi connectivity index (χ1v) is 14.9. The number of allylic oxidation sites excluding steroid dienone is 3. The predicted molar refractivity (Wildman–Crippen MR) is 144 cm³/mol. The van der Waals surface area contributed by atoms with Crippen LogP contribution in [0, 0.1) is 0 Å². The SMILES string of the molecule is CC1=C(O[Si](C)(C)C(C)(C)C)C=C(Nc2ccnc3c2C(=O)Nc2cc(C=O)ccc2N3)C(C)(F)C1. The van der Waals surface area contributed by atoms with Gasteiger partial charge < -0.3 is 20.4 Å². The fourth-order valence-electron chi connectivity index (χ4n) is 3.99. The standard InChI is InChI=1S/C27H33FN4O3Si/c1-16-14-27(5,28)22(13-21(16)35-36(6,7)26(2,3)4)30-19-10-11-29-24-23(19)25(34)32-20-12-17(15-33)8-9-18(20)31-24/h8-13,15H,14H2,1-7H3,(H,32,34)(H2,29,30,31). The molecule has 1 atom stereocenters. The lowest BCUT2D eigenvalue weighted by molar-refractivity contribution is 0.102. The van der Waals surface area contributed by atoms with Crippen LogP contribution < -0.4 is 16.0 Å². The molecule has 2 aliphatic rings. The summed E-state index contributed by atoms with van der Waals surface area (Å²) >= 11 is 0. The Balaban J connectivity index is 1.71. The summed E-state index contributed by atoms with van der Waals surface area (Å²) in [6, 6.07) is 6.59. The molecule has 1 aliphatic carbocycles. The van der Waals surface area contributed by atoms with Gasteiger partial charge in [-0.3, -0.25) is 9.59 Å². The van der Waals surface area contributed by atoms with E-state index in [1.165, 1.54) is 6.92 Å². The zero-order valence-electron chi connectivity index (χ0n) is 21.8. The van der Waals surface area contributed by atoms with Crippen LogP contribution in [-0.2, 0) is 4.43 Å². The summed E-state index contributed by atoms with van der Waals surface area (Å²) in [5, 5.41) is 9.15. The van der Waals surface area contributed by atoms with Gasteiger partial charge in [-0.2, -0.15) is 0 Å². The van der Waals surface area contributed by atoms with Crippen molar-refractivity contribution in [1.29, 1.82) is 0 Å². The number of alkyl halides is 1. The van der Waals surface area contributed by atoms with Gasteiger partial charge in [0, 0.05) is 24.3 Å². The van der Waals surface area contributed by atoms with E-state index in [-0.39, 0.29) is 17.0 Å². The van der Waals surface area contributed by atoms with Crippen molar-refractivity contribution in [2.24, 2.45) is 0 Å². The molecule has 0 saturated carbocycles. The molecule has 1 aliphatic heterocycles. The number of nitrogens with zero attached hydrogens (tertiary/aromatic N) is 1. The highest BCUT2D eigenvalue weighted by Crippen LogP contribution is 2.43. The molecule has 7 nitrogen and oxygen atoms in total. The topological polar surface area (TPSA) is 92.3 Å². The van der Waals surface area contributed by atoms with E-state index < -0.39 is 19.9 Å². The maximum absolute atomic E-state index is 15.8. The van der Waals surface area contributed by atoms with Gasteiger partial charge in [0.1, 0.15) is 23.4 Å². The van der Waals surface area contributed by atoms with Crippen LogP contribution in [-0.4, -0.2) is 31.2 Å². The predicted octanol–water partition coefficient (Wildman–Crippen LogP) is 6.93. The molecule has 0 spiro atoms. The van der Waals surface area contributed by atoms with Crippen LogP contribution in [0.1, 0.15) is 61.8 Å². The maximum Gasteiger partial charge on any atom is 0.261 e. The highest BCUT2D eigenvalue weighted by Gasteiger charge is 2.42. The molecule has 190 valence electrons. The molecule has 0 saturated heterocycles. The number of aldehydes is 1. The molecule has 3 N–H and O–H groups in total. The Morgan fingerprint density at radius 3 is 2.58 bits per heavy atom. The number of amides is 1. The number of hydrogen-bond acceptors (Lipinski definition) is 6. The van der Waals surface area contributed by atoms with Crippen LogP contribution in [0.25, 0.3) is 0 Å². The molecule has 2 heterocycles. The molecule has 0 radical (unpaired) electrons. The molecule has 1 aromatic heterocycles. The molecule has 4 rings (SSSR count). The van der Waals surface area contributed by atoms with Gasteiger partial charge in [0.2, 0.25) is 8.32 Å². The molecular weight excluding hydrogens is 475 g/mol. The lowest BCUT2D eigenvalue weighted by atomic mass is 9.89. The normalized spacial score (nSPS) is 19.8. The summed E-state index contributed by atoms with van der Waals surface area (Å²) in [5.41, 5.74) is 1.64. The van der Waals surface area contributed by atoms with Crippen molar-refractivity contribution in [3.05, 3.63) is 64.7 Å². The van der Waals surface area contributed by atoms with E-state index in [4.69, 9.17) is 4.43 Å². The van der Waals surface area contributed by atoms with Gasteiger partial charge in [0.25, 0.3) is 5.91 Å². The first kappa shape index (κ1) is 25.6. The van der Waals surface area contributed by atoms with Crippen LogP contribution in [0.15, 0.2) is 53.6 Å². The molecule has 2 aromatic rings. The van der Waals surface area contributed by atoms with E-state index in [1.54, 1.807) is 36.5 Å². The van der Waals surface area contributed by atoms with Crippen LogP contribution >= 0.6 is 0 Å². The van der Waals surface area contributed by atoms with E-state index in [0.717, 1.165) is 5.57 Å². The maximum atomic E-state index is 15.8. The third-order valence-electron chi connectivity index (χ3n) is 7.15. The van der Waals surface area contributed by atoms with Gasteiger partial charge in [0.05, 0.1) is 22.8 Å². The number of fused-ring (bicyclic) bond motifs is 2. The van der Waals surface area contributed by atoms with Crippen molar-refractivity contribution in [3.63, 3.8) is 0 Å². The van der Waals surface area contributed by atoms with Crippen LogP contribution in [0.5, 0.6) is 0 Å². The minimum Gasteiger partial charge on any atom is -0.543 e. The third kappa shape index (κ3) is 4.80. The fraction of sp³-hybridized carbons (Fsp3) is 0.370. The summed E-state index contributed by atoms with van der Waals surface area (Å²) in [4.78, 5) is 28.8. The molecular formula is C27H33FN4O3Si. The van der Waals surface area contributed by atoms with Crippen LogP contribution in [0.2, 0.25) is 18.1 Å². The largest absolute Gasteiger partial charge is 0.543 e. The molecule has 0 bridgehead atoms. The average molecular weight is 509 g/mol. The number of nitrogens with one attached hydrogen (secondary N) is 3. The van der Waals surface area contributed by atoms with Crippen LogP contribution in [0.3, 0.4) is 0 Å². The first-order chi connectivity index (χ1) is 16.7.